The molecular formula is C9H12N2O2S. The highest BCUT2D eigenvalue weighted by atomic mass is 32.2. The molecule has 2 aliphatic rings. The van der Waals surface area contributed by atoms with Crippen molar-refractivity contribution in [3.63, 3.8) is 0 Å². The monoisotopic (exact) mass is 212 g/mol. The average Bonchev–Trinajstić information content (AvgIpc) is 2.50. The topological polar surface area (TPSA) is 63.4 Å². The van der Waals surface area contributed by atoms with Crippen LogP contribution in [0.5, 0.6) is 0 Å². The van der Waals surface area contributed by atoms with Crippen LogP contribution in [0.25, 0.3) is 0 Å². The number of imide groups is 1. The molecule has 5 heteroatoms. The molecule has 14 heavy (non-hydrogen) atoms. The smallest absolute Gasteiger partial charge is 0.255 e. The number of nitrogens with two attached hydrogens (primary N) is 1. The predicted molar refractivity (Wildman–Crippen MR) is 54.2 cm³/mol. The molecule has 0 radical (unpaired) electrons. The van der Waals surface area contributed by atoms with Crippen LogP contribution in [0.4, 0.5) is 0 Å². The van der Waals surface area contributed by atoms with Crippen molar-refractivity contribution < 1.29 is 9.59 Å². The average molecular weight is 212 g/mol. The van der Waals surface area contributed by atoms with Crippen LogP contribution in [-0.4, -0.2) is 28.6 Å². The zero-order chi connectivity index (χ0) is 10.3. The molecule has 76 valence electrons. The third kappa shape index (κ3) is 1.36. The quantitative estimate of drug-likeness (QED) is 0.635. The van der Waals surface area contributed by atoms with Gasteiger partial charge in [0.2, 0.25) is 5.91 Å². The normalized spacial score (nSPS) is 28.9. The molecular weight excluding hydrogens is 200 g/mol. The molecule has 2 heterocycles. The van der Waals surface area contributed by atoms with Crippen molar-refractivity contribution in [2.24, 2.45) is 11.7 Å². The maximum absolute atomic E-state index is 11.8. The van der Waals surface area contributed by atoms with Gasteiger partial charge in [0.25, 0.3) is 5.91 Å². The zero-order valence-electron chi connectivity index (χ0n) is 7.90. The number of nitrogens with zero attached hydrogens (tertiary/aromatic N) is 1. The second kappa shape index (κ2) is 3.40. The zero-order valence-corrected chi connectivity index (χ0v) is 8.71. The van der Waals surface area contributed by atoms with Gasteiger partial charge in [0, 0.05) is 11.0 Å². The Bertz CT molecular complexity index is 325. The third-order valence-corrected chi connectivity index (χ3v) is 3.64. The van der Waals surface area contributed by atoms with Gasteiger partial charge in [-0.15, -0.1) is 11.8 Å². The first kappa shape index (κ1) is 9.73. The molecule has 0 aliphatic carbocycles. The van der Waals surface area contributed by atoms with Gasteiger partial charge in [0.15, 0.2) is 0 Å². The minimum atomic E-state index is -0.529. The van der Waals surface area contributed by atoms with E-state index in [2.05, 4.69) is 0 Å². The van der Waals surface area contributed by atoms with Crippen LogP contribution < -0.4 is 5.73 Å². The number of fused-ring (bicyclic) bond motifs is 1. The van der Waals surface area contributed by atoms with Crippen LogP contribution in [0.1, 0.15) is 13.3 Å². The second-order valence-electron chi connectivity index (χ2n) is 3.52. The maximum atomic E-state index is 11.8. The summed E-state index contributed by atoms with van der Waals surface area (Å²) in [7, 11) is 0. The van der Waals surface area contributed by atoms with Gasteiger partial charge in [-0.25, -0.2) is 0 Å². The molecule has 2 atom stereocenters. The van der Waals surface area contributed by atoms with Crippen molar-refractivity contribution in [2.45, 2.75) is 19.5 Å². The van der Waals surface area contributed by atoms with Crippen LogP contribution in [0.3, 0.4) is 0 Å². The van der Waals surface area contributed by atoms with Crippen LogP contribution in [0.15, 0.2) is 11.0 Å². The van der Waals surface area contributed by atoms with Gasteiger partial charge in [-0.2, -0.15) is 0 Å². The van der Waals surface area contributed by atoms with E-state index in [-0.39, 0.29) is 17.7 Å². The fourth-order valence-electron chi connectivity index (χ4n) is 1.79. The fourth-order valence-corrected chi connectivity index (χ4v) is 2.99. The Labute approximate surface area is 86.5 Å². The summed E-state index contributed by atoms with van der Waals surface area (Å²) in [4.78, 5) is 25.4. The van der Waals surface area contributed by atoms with E-state index in [9.17, 15) is 9.59 Å². The summed E-state index contributed by atoms with van der Waals surface area (Å²) in [5.74, 6) is 0.407. The van der Waals surface area contributed by atoms with Gasteiger partial charge in [0.05, 0.1) is 12.1 Å². The van der Waals surface area contributed by atoms with Gasteiger partial charge >= 0.3 is 0 Å². The van der Waals surface area contributed by atoms with Crippen molar-refractivity contribution in [3.8, 4) is 0 Å². The number of thioether (sulfide) groups is 1. The first-order valence-electron chi connectivity index (χ1n) is 4.58. The molecule has 1 saturated heterocycles. The number of carbonyl (C=O) groups excluding carboxylic acids is 2. The van der Waals surface area contributed by atoms with Gasteiger partial charge < -0.3 is 5.73 Å². The molecule has 0 aromatic carbocycles. The molecule has 0 bridgehead atoms. The number of hydrogen-bond acceptors (Lipinski definition) is 4. The lowest BCUT2D eigenvalue weighted by atomic mass is 10.0. The number of amides is 2. The van der Waals surface area contributed by atoms with Crippen LogP contribution in [0.2, 0.25) is 0 Å². The molecule has 0 saturated carbocycles. The minimum absolute atomic E-state index is 0.108. The van der Waals surface area contributed by atoms with Crippen molar-refractivity contribution >= 4 is 23.6 Å². The van der Waals surface area contributed by atoms with Crippen molar-refractivity contribution in [1.82, 2.24) is 4.90 Å². The molecule has 2 aliphatic heterocycles. The standard InChI is InChI=1S/C9H12N2O2S/c1-5(10)11-8(12)4-7-6(9(11)13)2-3-14-7/h4-6H,2-3,10H2,1H3. The van der Waals surface area contributed by atoms with E-state index >= 15 is 0 Å². The molecule has 2 rings (SSSR count). The van der Waals surface area contributed by atoms with Gasteiger partial charge in [0.1, 0.15) is 0 Å². The highest BCUT2D eigenvalue weighted by Gasteiger charge is 2.39. The van der Waals surface area contributed by atoms with E-state index in [4.69, 9.17) is 5.73 Å². The van der Waals surface area contributed by atoms with E-state index in [0.717, 1.165) is 22.0 Å². The maximum Gasteiger partial charge on any atom is 0.255 e. The van der Waals surface area contributed by atoms with Crippen molar-refractivity contribution in [1.29, 1.82) is 0 Å². The minimum Gasteiger partial charge on any atom is -0.311 e. The molecule has 2 unspecified atom stereocenters. The Balaban J connectivity index is 2.34. The lowest BCUT2D eigenvalue weighted by Crippen LogP contribution is -2.51. The summed E-state index contributed by atoms with van der Waals surface area (Å²) in [5, 5.41) is 0. The molecule has 2 amide bonds. The molecule has 0 aromatic rings. The lowest BCUT2D eigenvalue weighted by molar-refractivity contribution is -0.147. The van der Waals surface area contributed by atoms with E-state index < -0.39 is 6.17 Å². The van der Waals surface area contributed by atoms with E-state index in [0.29, 0.717) is 0 Å². The predicted octanol–water partition coefficient (Wildman–Crippen LogP) is 0.297. The van der Waals surface area contributed by atoms with Gasteiger partial charge in [-0.05, 0) is 19.1 Å². The van der Waals surface area contributed by atoms with E-state index in [1.54, 1.807) is 24.8 Å². The lowest BCUT2D eigenvalue weighted by Gasteiger charge is -2.29. The van der Waals surface area contributed by atoms with Crippen LogP contribution >= 0.6 is 11.8 Å². The molecule has 2 N–H and O–H groups in total. The Morgan fingerprint density at radius 2 is 2.36 bits per heavy atom. The Morgan fingerprint density at radius 1 is 1.64 bits per heavy atom. The van der Waals surface area contributed by atoms with Crippen LogP contribution in [0, 0.1) is 5.92 Å². The first-order valence-corrected chi connectivity index (χ1v) is 5.57. The van der Waals surface area contributed by atoms with Crippen LogP contribution in [-0.2, 0) is 9.59 Å². The number of hydrogen-bond donors (Lipinski definition) is 1. The summed E-state index contributed by atoms with van der Waals surface area (Å²) < 4.78 is 0. The van der Waals surface area contributed by atoms with Gasteiger partial charge in [-0.3, -0.25) is 14.5 Å². The van der Waals surface area contributed by atoms with E-state index in [1.807, 2.05) is 0 Å². The summed E-state index contributed by atoms with van der Waals surface area (Å²) in [6.07, 6.45) is 1.84. The molecule has 1 fully saturated rings. The second-order valence-corrected chi connectivity index (χ2v) is 4.69. The largest absolute Gasteiger partial charge is 0.311 e. The SMILES string of the molecule is CC(N)N1C(=O)C=C2SCCC2C1=O. The first-order chi connectivity index (χ1) is 6.61. The molecule has 0 aromatic heterocycles. The molecule has 4 nitrogen and oxygen atoms in total. The summed E-state index contributed by atoms with van der Waals surface area (Å²) in [6, 6.07) is 0. The number of carbonyl (C=O) groups is 2. The van der Waals surface area contributed by atoms with E-state index in [1.165, 1.54) is 0 Å². The highest BCUT2D eigenvalue weighted by molar-refractivity contribution is 8.03. The summed E-state index contributed by atoms with van der Waals surface area (Å²) in [6.45, 7) is 1.65. The summed E-state index contributed by atoms with van der Waals surface area (Å²) >= 11 is 1.60. The Kier molecular flexibility index (Phi) is 2.36. The fraction of sp³-hybridized carbons (Fsp3) is 0.556. The third-order valence-electron chi connectivity index (χ3n) is 2.46. The highest BCUT2D eigenvalue weighted by Crippen LogP contribution is 2.39. The van der Waals surface area contributed by atoms with Crippen molar-refractivity contribution in [2.75, 3.05) is 5.75 Å². The Hall–Kier alpha value is -0.810. The van der Waals surface area contributed by atoms with Gasteiger partial charge in [-0.1, -0.05) is 0 Å². The number of rotatable bonds is 1. The molecule has 0 spiro atoms. The Morgan fingerprint density at radius 3 is 3.00 bits per heavy atom. The summed E-state index contributed by atoms with van der Waals surface area (Å²) in [5.41, 5.74) is 5.58. The van der Waals surface area contributed by atoms with Crippen molar-refractivity contribution in [3.05, 3.63) is 11.0 Å².